The van der Waals surface area contributed by atoms with Crippen molar-refractivity contribution < 1.29 is 4.21 Å². The van der Waals surface area contributed by atoms with E-state index in [0.717, 1.165) is 23.8 Å². The third-order valence-electron chi connectivity index (χ3n) is 2.61. The van der Waals surface area contributed by atoms with Gasteiger partial charge in [-0.05, 0) is 11.8 Å². The van der Waals surface area contributed by atoms with Crippen molar-refractivity contribution in [1.82, 2.24) is 10.6 Å². The minimum atomic E-state index is -0.846. The van der Waals surface area contributed by atoms with Crippen molar-refractivity contribution in [3.63, 3.8) is 0 Å². The minimum absolute atomic E-state index is 0.612. The molecule has 0 saturated carbocycles. The quantitative estimate of drug-likeness (QED) is 0.433. The number of nitrogens with zero attached hydrogens (tertiary/aromatic N) is 1. The zero-order valence-electron chi connectivity index (χ0n) is 12.1. The van der Waals surface area contributed by atoms with Gasteiger partial charge in [-0.15, -0.1) is 0 Å². The topological polar surface area (TPSA) is 53.5 Å². The van der Waals surface area contributed by atoms with Crippen molar-refractivity contribution in [3.05, 3.63) is 35.9 Å². The van der Waals surface area contributed by atoms with Gasteiger partial charge in [0, 0.05) is 48.2 Å². The molecular weight excluding hydrogens is 290 g/mol. The summed E-state index contributed by atoms with van der Waals surface area (Å²) in [6, 6.07) is 9.94. The van der Waals surface area contributed by atoms with Crippen molar-refractivity contribution in [2.24, 2.45) is 4.99 Å². The molecule has 0 saturated heterocycles. The molecule has 112 valence electrons. The van der Waals surface area contributed by atoms with E-state index in [0.29, 0.717) is 18.1 Å². The monoisotopic (exact) mass is 313 g/mol. The van der Waals surface area contributed by atoms with Crippen LogP contribution in [0.5, 0.6) is 0 Å². The van der Waals surface area contributed by atoms with Crippen LogP contribution in [0.2, 0.25) is 0 Å². The van der Waals surface area contributed by atoms with Gasteiger partial charge in [0.1, 0.15) is 0 Å². The highest BCUT2D eigenvalue weighted by atomic mass is 32.2. The van der Waals surface area contributed by atoms with E-state index >= 15 is 0 Å². The van der Waals surface area contributed by atoms with Gasteiger partial charge in [-0.1, -0.05) is 30.3 Å². The Balaban J connectivity index is 2.20. The summed E-state index contributed by atoms with van der Waals surface area (Å²) in [7, 11) is 0.899. The fourth-order valence-corrected chi connectivity index (χ4v) is 2.95. The summed E-state index contributed by atoms with van der Waals surface area (Å²) in [4.78, 5) is 4.13. The lowest BCUT2D eigenvalue weighted by atomic mass is 10.2. The molecule has 1 aromatic carbocycles. The highest BCUT2D eigenvalue weighted by Gasteiger charge is 2.02. The highest BCUT2D eigenvalue weighted by molar-refractivity contribution is 7.98. The molecule has 0 amide bonds. The molecule has 0 aliphatic carbocycles. The van der Waals surface area contributed by atoms with Crippen molar-refractivity contribution >= 4 is 28.5 Å². The van der Waals surface area contributed by atoms with Crippen molar-refractivity contribution in [1.29, 1.82) is 0 Å². The maximum absolute atomic E-state index is 12.0. The summed E-state index contributed by atoms with van der Waals surface area (Å²) in [5, 5.41) is 6.39. The first kappa shape index (κ1) is 17.0. The average Bonchev–Trinajstić information content (AvgIpc) is 2.47. The summed E-state index contributed by atoms with van der Waals surface area (Å²) < 4.78 is 12.0. The molecular formula is C14H23N3OS2. The van der Waals surface area contributed by atoms with Crippen LogP contribution in [0.3, 0.4) is 0 Å². The van der Waals surface area contributed by atoms with Crippen LogP contribution < -0.4 is 10.6 Å². The summed E-state index contributed by atoms with van der Waals surface area (Å²) in [6.45, 7) is 1.55. The Hall–Kier alpha value is -1.01. The van der Waals surface area contributed by atoms with Gasteiger partial charge in [-0.2, -0.15) is 11.8 Å². The Labute approximate surface area is 128 Å². The molecule has 1 rings (SSSR count). The number of hydrogen-bond acceptors (Lipinski definition) is 3. The second-order valence-corrected chi connectivity index (χ2v) is 6.75. The average molecular weight is 313 g/mol. The molecule has 0 aliphatic heterocycles. The SMILES string of the molecule is CN=C(NCCSC)NCCS(=O)Cc1ccccc1. The first-order chi connectivity index (χ1) is 9.76. The number of guanidine groups is 1. The molecule has 1 unspecified atom stereocenters. The predicted octanol–water partition coefficient (Wildman–Crippen LogP) is 1.46. The first-order valence-corrected chi connectivity index (χ1v) is 9.46. The third kappa shape index (κ3) is 7.55. The van der Waals surface area contributed by atoms with Crippen LogP contribution in [0.15, 0.2) is 35.3 Å². The number of hydrogen-bond donors (Lipinski definition) is 2. The predicted molar refractivity (Wildman–Crippen MR) is 90.9 cm³/mol. The Morgan fingerprint density at radius 3 is 2.60 bits per heavy atom. The molecule has 0 radical (unpaired) electrons. The van der Waals surface area contributed by atoms with E-state index in [1.54, 1.807) is 18.8 Å². The molecule has 0 bridgehead atoms. The lowest BCUT2D eigenvalue weighted by molar-refractivity contribution is 0.681. The van der Waals surface area contributed by atoms with Crippen LogP contribution in [0.25, 0.3) is 0 Å². The number of aliphatic imine (C=N–C) groups is 1. The summed E-state index contributed by atoms with van der Waals surface area (Å²) in [6.07, 6.45) is 2.07. The lowest BCUT2D eigenvalue weighted by Crippen LogP contribution is -2.40. The Morgan fingerprint density at radius 2 is 1.95 bits per heavy atom. The van der Waals surface area contributed by atoms with Gasteiger partial charge in [-0.25, -0.2) is 0 Å². The molecule has 0 spiro atoms. The van der Waals surface area contributed by atoms with Gasteiger partial charge >= 0.3 is 0 Å². The van der Waals surface area contributed by atoms with Gasteiger partial charge in [0.05, 0.1) is 0 Å². The van der Waals surface area contributed by atoms with E-state index < -0.39 is 10.8 Å². The molecule has 0 fully saturated rings. The van der Waals surface area contributed by atoms with Gasteiger partial charge < -0.3 is 10.6 Å². The van der Waals surface area contributed by atoms with Gasteiger partial charge in [0.25, 0.3) is 0 Å². The molecule has 20 heavy (non-hydrogen) atoms. The van der Waals surface area contributed by atoms with Crippen LogP contribution in [0.1, 0.15) is 5.56 Å². The van der Waals surface area contributed by atoms with E-state index in [4.69, 9.17) is 0 Å². The van der Waals surface area contributed by atoms with Crippen molar-refractivity contribution in [2.45, 2.75) is 5.75 Å². The fraction of sp³-hybridized carbons (Fsp3) is 0.500. The second-order valence-electron chi connectivity index (χ2n) is 4.19. The number of rotatable bonds is 8. The maximum Gasteiger partial charge on any atom is 0.191 e. The smallest absolute Gasteiger partial charge is 0.191 e. The molecule has 0 aliphatic rings. The molecule has 0 aromatic heterocycles. The number of nitrogens with one attached hydrogen (secondary N) is 2. The number of thioether (sulfide) groups is 1. The zero-order chi connectivity index (χ0) is 14.6. The molecule has 4 nitrogen and oxygen atoms in total. The molecule has 6 heteroatoms. The summed E-state index contributed by atoms with van der Waals surface area (Å²) in [5.74, 6) is 3.05. The van der Waals surface area contributed by atoms with Gasteiger partial charge in [0.15, 0.2) is 5.96 Å². The summed E-state index contributed by atoms with van der Waals surface area (Å²) >= 11 is 1.79. The molecule has 1 aromatic rings. The summed E-state index contributed by atoms with van der Waals surface area (Å²) in [5.41, 5.74) is 1.12. The van der Waals surface area contributed by atoms with E-state index in [2.05, 4.69) is 21.9 Å². The van der Waals surface area contributed by atoms with E-state index in [-0.39, 0.29) is 0 Å². The van der Waals surface area contributed by atoms with E-state index in [9.17, 15) is 4.21 Å². The largest absolute Gasteiger partial charge is 0.356 e. The van der Waals surface area contributed by atoms with Crippen molar-refractivity contribution in [2.75, 3.05) is 37.9 Å². The molecule has 2 N–H and O–H groups in total. The van der Waals surface area contributed by atoms with E-state index in [1.807, 2.05) is 30.3 Å². The first-order valence-electron chi connectivity index (χ1n) is 6.58. The molecule has 1 atom stereocenters. The second kappa shape index (κ2) is 10.7. The fourth-order valence-electron chi connectivity index (χ4n) is 1.61. The third-order valence-corrected chi connectivity index (χ3v) is 4.54. The van der Waals surface area contributed by atoms with Gasteiger partial charge in [0.2, 0.25) is 0 Å². The van der Waals surface area contributed by atoms with Crippen LogP contribution >= 0.6 is 11.8 Å². The zero-order valence-corrected chi connectivity index (χ0v) is 13.7. The standard InChI is InChI=1S/C14H23N3OS2/c1-15-14(16-8-10-19-2)17-9-11-20(18)12-13-6-4-3-5-7-13/h3-7H,8-12H2,1-2H3,(H2,15,16,17). The lowest BCUT2D eigenvalue weighted by Gasteiger charge is -2.11. The molecule has 0 heterocycles. The Kier molecular flexibility index (Phi) is 9.15. The number of benzene rings is 1. The van der Waals surface area contributed by atoms with Crippen LogP contribution in [0, 0.1) is 0 Å². The maximum atomic E-state index is 12.0. The van der Waals surface area contributed by atoms with Crippen LogP contribution in [-0.2, 0) is 16.6 Å². The van der Waals surface area contributed by atoms with Crippen molar-refractivity contribution in [3.8, 4) is 0 Å². The highest BCUT2D eigenvalue weighted by Crippen LogP contribution is 2.02. The Morgan fingerprint density at radius 1 is 1.25 bits per heavy atom. The Bertz CT molecular complexity index is 424. The normalized spacial score (nSPS) is 13.0. The van der Waals surface area contributed by atoms with E-state index in [1.165, 1.54) is 0 Å². The minimum Gasteiger partial charge on any atom is -0.356 e. The van der Waals surface area contributed by atoms with Crippen LogP contribution in [0.4, 0.5) is 0 Å². The van der Waals surface area contributed by atoms with Gasteiger partial charge in [-0.3, -0.25) is 9.20 Å². The van der Waals surface area contributed by atoms with Crippen LogP contribution in [-0.4, -0.2) is 48.1 Å².